The number of hydrogen-bond donors (Lipinski definition) is 2. The molecule has 0 aliphatic carbocycles. The molecule has 0 saturated carbocycles. The van der Waals surface area contributed by atoms with Gasteiger partial charge in [0.2, 0.25) is 0 Å². The molecule has 0 saturated heterocycles. The molecule has 0 aromatic heterocycles. The van der Waals surface area contributed by atoms with Crippen molar-refractivity contribution in [2.24, 2.45) is 5.73 Å². The van der Waals surface area contributed by atoms with Gasteiger partial charge in [0, 0.05) is 17.1 Å². The van der Waals surface area contributed by atoms with Crippen molar-refractivity contribution in [3.05, 3.63) is 34.3 Å². The summed E-state index contributed by atoms with van der Waals surface area (Å²) >= 11 is 6.02. The van der Waals surface area contributed by atoms with E-state index in [4.69, 9.17) is 22.1 Å². The number of aryl methyl sites for hydroxylation is 1. The number of ether oxygens (including phenoxy) is 1. The van der Waals surface area contributed by atoms with E-state index in [1.54, 1.807) is 0 Å². The number of nitrogens with one attached hydrogen (secondary N) is 1. The maximum absolute atomic E-state index is 11.7. The minimum absolute atomic E-state index is 0.0366. The first kappa shape index (κ1) is 18.8. The maximum atomic E-state index is 11.7. The van der Waals surface area contributed by atoms with Gasteiger partial charge in [0.1, 0.15) is 5.60 Å². The maximum Gasteiger partial charge on any atom is 0.407 e. The molecule has 1 amide bonds. The number of amides is 1. The van der Waals surface area contributed by atoms with Crippen LogP contribution in [-0.2, 0) is 11.2 Å². The highest BCUT2D eigenvalue weighted by molar-refractivity contribution is 6.31. The summed E-state index contributed by atoms with van der Waals surface area (Å²) in [4.78, 5) is 11.7. The van der Waals surface area contributed by atoms with Gasteiger partial charge in [-0.25, -0.2) is 4.79 Å². The van der Waals surface area contributed by atoms with Crippen LogP contribution in [0.5, 0.6) is 0 Å². The molecule has 5 heteroatoms. The fraction of sp³-hybridized carbons (Fsp3) is 0.588. The summed E-state index contributed by atoms with van der Waals surface area (Å²) in [7, 11) is 0. The van der Waals surface area contributed by atoms with E-state index < -0.39 is 11.7 Å². The molecule has 0 aliphatic rings. The molecular weight excluding hydrogens is 300 g/mol. The van der Waals surface area contributed by atoms with E-state index in [0.29, 0.717) is 6.42 Å². The summed E-state index contributed by atoms with van der Waals surface area (Å²) < 4.78 is 5.23. The first-order chi connectivity index (χ1) is 10.1. The molecule has 124 valence electrons. The van der Waals surface area contributed by atoms with Crippen LogP contribution in [-0.4, -0.2) is 23.8 Å². The van der Waals surface area contributed by atoms with Gasteiger partial charge in [-0.2, -0.15) is 0 Å². The standard InChI is InChI=1S/C17H27ClN2O2/c1-11-8-13(6-7-15(11)18)10-14(19)9-12(2)20-16(21)22-17(3,4)5/h6-8,12,14H,9-10,19H2,1-5H3,(H,20,21)/t12-,14?/m1/s1. The van der Waals surface area contributed by atoms with E-state index in [1.807, 2.05) is 52.8 Å². The molecule has 0 aliphatic heterocycles. The molecule has 0 spiro atoms. The molecule has 1 rings (SSSR count). The van der Waals surface area contributed by atoms with Gasteiger partial charge in [-0.3, -0.25) is 0 Å². The summed E-state index contributed by atoms with van der Waals surface area (Å²) in [5.74, 6) is 0. The highest BCUT2D eigenvalue weighted by Crippen LogP contribution is 2.17. The molecule has 0 bridgehead atoms. The lowest BCUT2D eigenvalue weighted by Gasteiger charge is -2.23. The number of nitrogens with two attached hydrogens (primary N) is 1. The van der Waals surface area contributed by atoms with Crippen LogP contribution in [0.1, 0.15) is 45.2 Å². The van der Waals surface area contributed by atoms with Gasteiger partial charge < -0.3 is 15.8 Å². The predicted octanol–water partition coefficient (Wildman–Crippen LogP) is 3.82. The molecule has 1 aromatic carbocycles. The van der Waals surface area contributed by atoms with Gasteiger partial charge in [0.05, 0.1) is 0 Å². The summed E-state index contributed by atoms with van der Waals surface area (Å²) in [6.07, 6.45) is 1.02. The average Bonchev–Trinajstić information content (AvgIpc) is 2.30. The Labute approximate surface area is 138 Å². The smallest absolute Gasteiger partial charge is 0.407 e. The van der Waals surface area contributed by atoms with E-state index in [1.165, 1.54) is 0 Å². The van der Waals surface area contributed by atoms with Gasteiger partial charge in [0.15, 0.2) is 0 Å². The van der Waals surface area contributed by atoms with Crippen LogP contribution in [0, 0.1) is 6.92 Å². The van der Waals surface area contributed by atoms with Gasteiger partial charge in [-0.15, -0.1) is 0 Å². The lowest BCUT2D eigenvalue weighted by molar-refractivity contribution is 0.0505. The molecule has 1 aromatic rings. The molecule has 0 radical (unpaired) electrons. The van der Waals surface area contributed by atoms with Crippen molar-refractivity contribution in [1.82, 2.24) is 5.32 Å². The Morgan fingerprint density at radius 3 is 2.59 bits per heavy atom. The molecule has 0 fully saturated rings. The van der Waals surface area contributed by atoms with Crippen LogP contribution >= 0.6 is 11.6 Å². The lowest BCUT2D eigenvalue weighted by Crippen LogP contribution is -2.41. The Balaban J connectivity index is 2.45. The highest BCUT2D eigenvalue weighted by atomic mass is 35.5. The highest BCUT2D eigenvalue weighted by Gasteiger charge is 2.18. The zero-order valence-corrected chi connectivity index (χ0v) is 14.8. The van der Waals surface area contributed by atoms with Crippen LogP contribution in [0.25, 0.3) is 0 Å². The zero-order valence-electron chi connectivity index (χ0n) is 14.1. The summed E-state index contributed by atoms with van der Waals surface area (Å²) in [5.41, 5.74) is 7.88. The average molecular weight is 327 g/mol. The lowest BCUT2D eigenvalue weighted by atomic mass is 10.00. The summed E-state index contributed by atoms with van der Waals surface area (Å²) in [5, 5.41) is 3.57. The van der Waals surface area contributed by atoms with Crippen LogP contribution in [0.2, 0.25) is 5.02 Å². The molecule has 4 nitrogen and oxygen atoms in total. The van der Waals surface area contributed by atoms with Crippen molar-refractivity contribution in [1.29, 1.82) is 0 Å². The van der Waals surface area contributed by atoms with Crippen LogP contribution in [0.15, 0.2) is 18.2 Å². The third-order valence-electron chi connectivity index (χ3n) is 3.14. The number of hydrogen-bond acceptors (Lipinski definition) is 3. The second kappa shape index (κ2) is 7.84. The quantitative estimate of drug-likeness (QED) is 0.864. The summed E-state index contributed by atoms with van der Waals surface area (Å²) in [6, 6.07) is 5.85. The Morgan fingerprint density at radius 1 is 1.41 bits per heavy atom. The van der Waals surface area contributed by atoms with Crippen molar-refractivity contribution < 1.29 is 9.53 Å². The van der Waals surface area contributed by atoms with Crippen molar-refractivity contribution in [3.63, 3.8) is 0 Å². The first-order valence-electron chi connectivity index (χ1n) is 7.57. The fourth-order valence-corrected chi connectivity index (χ4v) is 2.36. The van der Waals surface area contributed by atoms with Crippen molar-refractivity contribution in [2.75, 3.05) is 0 Å². The van der Waals surface area contributed by atoms with Crippen molar-refractivity contribution in [3.8, 4) is 0 Å². The van der Waals surface area contributed by atoms with E-state index in [0.717, 1.165) is 22.6 Å². The number of halogens is 1. The Kier molecular flexibility index (Phi) is 6.69. The van der Waals surface area contributed by atoms with E-state index in [9.17, 15) is 4.79 Å². The SMILES string of the molecule is Cc1cc(CC(N)C[C@@H](C)NC(=O)OC(C)(C)C)ccc1Cl. The fourth-order valence-electron chi connectivity index (χ4n) is 2.24. The van der Waals surface area contributed by atoms with Gasteiger partial charge in [-0.05, 0) is 64.7 Å². The second-order valence-electron chi connectivity index (χ2n) is 6.83. The molecule has 22 heavy (non-hydrogen) atoms. The normalized spacial score (nSPS) is 14.3. The third-order valence-corrected chi connectivity index (χ3v) is 3.56. The Hall–Kier alpha value is -1.26. The Morgan fingerprint density at radius 2 is 2.05 bits per heavy atom. The van der Waals surface area contributed by atoms with Crippen LogP contribution < -0.4 is 11.1 Å². The minimum atomic E-state index is -0.493. The third kappa shape index (κ3) is 7.14. The second-order valence-corrected chi connectivity index (χ2v) is 7.24. The Bertz CT molecular complexity index is 512. The van der Waals surface area contributed by atoms with Gasteiger partial charge in [0.25, 0.3) is 0 Å². The molecule has 1 unspecified atom stereocenters. The zero-order chi connectivity index (χ0) is 16.9. The van der Waals surface area contributed by atoms with Gasteiger partial charge in [-0.1, -0.05) is 23.7 Å². The number of carbonyl (C=O) groups is 1. The number of rotatable bonds is 5. The van der Waals surface area contributed by atoms with Crippen LogP contribution in [0.4, 0.5) is 4.79 Å². The number of alkyl carbamates (subject to hydrolysis) is 1. The monoisotopic (exact) mass is 326 g/mol. The number of benzene rings is 1. The van der Waals surface area contributed by atoms with E-state index in [-0.39, 0.29) is 12.1 Å². The van der Waals surface area contributed by atoms with E-state index >= 15 is 0 Å². The molecule has 0 heterocycles. The van der Waals surface area contributed by atoms with Crippen molar-refractivity contribution in [2.45, 2.75) is 65.1 Å². The topological polar surface area (TPSA) is 64.3 Å². The predicted molar refractivity (Wildman–Crippen MR) is 91.3 cm³/mol. The first-order valence-corrected chi connectivity index (χ1v) is 7.95. The number of carbonyl (C=O) groups excluding carboxylic acids is 1. The van der Waals surface area contributed by atoms with E-state index in [2.05, 4.69) is 5.32 Å². The minimum Gasteiger partial charge on any atom is -0.444 e. The van der Waals surface area contributed by atoms with Crippen LogP contribution in [0.3, 0.4) is 0 Å². The molecule has 2 atom stereocenters. The van der Waals surface area contributed by atoms with Gasteiger partial charge >= 0.3 is 6.09 Å². The van der Waals surface area contributed by atoms with Crippen molar-refractivity contribution >= 4 is 17.7 Å². The summed E-state index contributed by atoms with van der Waals surface area (Å²) in [6.45, 7) is 9.42. The largest absolute Gasteiger partial charge is 0.444 e. The molecular formula is C17H27ClN2O2. The molecule has 3 N–H and O–H groups in total.